The maximum absolute atomic E-state index is 6.52. The van der Waals surface area contributed by atoms with E-state index in [0.717, 1.165) is 38.5 Å². The zero-order chi connectivity index (χ0) is 21.2. The van der Waals surface area contributed by atoms with Crippen LogP contribution in [0.25, 0.3) is 54.9 Å². The zero-order valence-electron chi connectivity index (χ0n) is 17.8. The van der Waals surface area contributed by atoms with Crippen molar-refractivity contribution >= 4 is 43.5 Å². The second-order valence-corrected chi connectivity index (χ2v) is 9.15. The highest BCUT2D eigenvalue weighted by molar-refractivity contribution is 6.21. The normalized spacial score (nSPS) is 12.4. The maximum atomic E-state index is 6.52. The largest absolute Gasteiger partial charge is 0.455 e. The smallest absolute Gasteiger partial charge is 0.162 e. The molecule has 31 heavy (non-hydrogen) atoms. The number of fused-ring (bicyclic) bond motifs is 7. The lowest BCUT2D eigenvalue weighted by molar-refractivity contribution is 0.584. The monoisotopic (exact) mass is 402 g/mol. The molecule has 2 heterocycles. The van der Waals surface area contributed by atoms with Crippen LogP contribution in [0.2, 0.25) is 0 Å². The van der Waals surface area contributed by atoms with Gasteiger partial charge in [0.15, 0.2) is 5.82 Å². The van der Waals surface area contributed by atoms with E-state index in [4.69, 9.17) is 4.42 Å². The van der Waals surface area contributed by atoms with Crippen LogP contribution in [-0.2, 0) is 5.41 Å². The topological polar surface area (TPSA) is 38.9 Å². The molecule has 0 amide bonds. The van der Waals surface area contributed by atoms with Crippen LogP contribution < -0.4 is 0 Å². The summed E-state index contributed by atoms with van der Waals surface area (Å²) >= 11 is 0. The summed E-state index contributed by atoms with van der Waals surface area (Å²) in [7, 11) is 0. The first-order chi connectivity index (χ1) is 15.0. The molecule has 4 aromatic carbocycles. The lowest BCUT2D eigenvalue weighted by Crippen LogP contribution is -2.12. The van der Waals surface area contributed by atoms with E-state index in [9.17, 15) is 0 Å². The fourth-order valence-corrected chi connectivity index (χ4v) is 4.37. The summed E-state index contributed by atoms with van der Waals surface area (Å²) in [4.78, 5) is 9.34. The number of aromatic nitrogens is 2. The molecule has 0 bridgehead atoms. The molecule has 3 nitrogen and oxygen atoms in total. The first-order valence-corrected chi connectivity index (χ1v) is 10.6. The molecule has 0 fully saturated rings. The molecule has 150 valence electrons. The van der Waals surface area contributed by atoms with Gasteiger partial charge < -0.3 is 4.42 Å². The third-order valence-electron chi connectivity index (χ3n) is 6.14. The first kappa shape index (κ1) is 18.1. The van der Waals surface area contributed by atoms with E-state index < -0.39 is 0 Å². The number of hydrogen-bond acceptors (Lipinski definition) is 3. The van der Waals surface area contributed by atoms with Crippen molar-refractivity contribution in [3.63, 3.8) is 0 Å². The Balaban J connectivity index is 1.62. The van der Waals surface area contributed by atoms with Crippen molar-refractivity contribution in [2.75, 3.05) is 0 Å². The number of rotatable bonds is 1. The van der Waals surface area contributed by atoms with E-state index in [1.165, 1.54) is 16.2 Å². The van der Waals surface area contributed by atoms with Gasteiger partial charge in [-0.3, -0.25) is 0 Å². The van der Waals surface area contributed by atoms with Crippen LogP contribution in [-0.4, -0.2) is 9.97 Å². The van der Waals surface area contributed by atoms with E-state index in [-0.39, 0.29) is 5.41 Å². The number of para-hydroxylation sites is 1. The van der Waals surface area contributed by atoms with Crippen molar-refractivity contribution in [1.82, 2.24) is 9.97 Å². The van der Waals surface area contributed by atoms with Crippen molar-refractivity contribution in [3.05, 3.63) is 84.7 Å². The van der Waals surface area contributed by atoms with Gasteiger partial charge in [0.1, 0.15) is 11.2 Å². The van der Waals surface area contributed by atoms with Crippen LogP contribution in [0, 0.1) is 0 Å². The van der Waals surface area contributed by atoms with Gasteiger partial charge in [-0.25, -0.2) is 9.97 Å². The van der Waals surface area contributed by atoms with E-state index in [0.29, 0.717) is 5.82 Å². The van der Waals surface area contributed by atoms with Crippen LogP contribution in [0.5, 0.6) is 0 Å². The predicted octanol–water partition coefficient (Wildman–Crippen LogP) is 7.65. The van der Waals surface area contributed by atoms with Crippen LogP contribution in [0.15, 0.2) is 83.5 Å². The Morgan fingerprint density at radius 2 is 1.26 bits per heavy atom. The second-order valence-electron chi connectivity index (χ2n) is 9.15. The molecule has 0 N–H and O–H groups in total. The maximum Gasteiger partial charge on any atom is 0.162 e. The van der Waals surface area contributed by atoms with Gasteiger partial charge in [-0.05, 0) is 45.3 Å². The van der Waals surface area contributed by atoms with Gasteiger partial charge in [0.25, 0.3) is 0 Å². The number of hydrogen-bond donors (Lipinski definition) is 0. The quantitative estimate of drug-likeness (QED) is 0.265. The fourth-order valence-electron chi connectivity index (χ4n) is 4.37. The minimum atomic E-state index is 0.0194. The predicted molar refractivity (Wildman–Crippen MR) is 128 cm³/mol. The van der Waals surface area contributed by atoms with E-state index in [1.54, 1.807) is 0 Å². The van der Waals surface area contributed by atoms with Gasteiger partial charge in [0, 0.05) is 28.6 Å². The van der Waals surface area contributed by atoms with Crippen LogP contribution in [0.4, 0.5) is 0 Å². The third-order valence-corrected chi connectivity index (χ3v) is 6.14. The van der Waals surface area contributed by atoms with Crippen molar-refractivity contribution in [2.45, 2.75) is 26.2 Å². The standard InChI is InChI=1S/C28H22N2O/c1-28(2,3)18-15-29-27(30-16-18)24-10-6-9-21-23-14-13-20-19-8-5-4-7-17(19)11-12-22(20)25(23)31-26(21)24/h4-16H,1-3H3. The molecular weight excluding hydrogens is 380 g/mol. The van der Waals surface area contributed by atoms with E-state index in [1.807, 2.05) is 18.5 Å². The van der Waals surface area contributed by atoms with Gasteiger partial charge in [0.05, 0.1) is 5.56 Å². The molecule has 3 heteroatoms. The Labute approximate surface area is 180 Å². The van der Waals surface area contributed by atoms with Gasteiger partial charge in [-0.1, -0.05) is 69.3 Å². The zero-order valence-corrected chi connectivity index (χ0v) is 17.8. The molecule has 0 radical (unpaired) electrons. The van der Waals surface area contributed by atoms with Crippen LogP contribution in [0.3, 0.4) is 0 Å². The molecule has 0 unspecified atom stereocenters. The Kier molecular flexibility index (Phi) is 3.73. The molecule has 0 saturated heterocycles. The summed E-state index contributed by atoms with van der Waals surface area (Å²) in [5, 5.41) is 7.01. The molecule has 0 saturated carbocycles. The third kappa shape index (κ3) is 2.73. The average Bonchev–Trinajstić information content (AvgIpc) is 3.17. The average molecular weight is 402 g/mol. The Morgan fingerprint density at radius 1 is 0.613 bits per heavy atom. The Hall–Kier alpha value is -3.72. The van der Waals surface area contributed by atoms with Crippen molar-refractivity contribution in [1.29, 1.82) is 0 Å². The highest BCUT2D eigenvalue weighted by Crippen LogP contribution is 2.39. The minimum Gasteiger partial charge on any atom is -0.455 e. The Morgan fingerprint density at radius 3 is 2.06 bits per heavy atom. The number of furan rings is 1. The summed E-state index contributed by atoms with van der Waals surface area (Å²) in [6.07, 6.45) is 3.84. The summed E-state index contributed by atoms with van der Waals surface area (Å²) in [6, 6.07) is 23.4. The fraction of sp³-hybridized carbons (Fsp3) is 0.143. The highest BCUT2D eigenvalue weighted by atomic mass is 16.3. The lowest BCUT2D eigenvalue weighted by Gasteiger charge is -2.17. The molecule has 0 atom stereocenters. The molecule has 6 rings (SSSR count). The molecule has 6 aromatic rings. The number of nitrogens with zero attached hydrogens (tertiary/aromatic N) is 2. The van der Waals surface area contributed by atoms with Crippen LogP contribution in [0.1, 0.15) is 26.3 Å². The SMILES string of the molecule is CC(C)(C)c1cnc(-c2cccc3c2oc2c3ccc3c4ccccc4ccc32)nc1. The van der Waals surface area contributed by atoms with Crippen molar-refractivity contribution in [3.8, 4) is 11.4 Å². The summed E-state index contributed by atoms with van der Waals surface area (Å²) in [5.41, 5.74) is 3.80. The van der Waals surface area contributed by atoms with Crippen molar-refractivity contribution < 1.29 is 4.42 Å². The molecule has 0 aliphatic rings. The van der Waals surface area contributed by atoms with E-state index in [2.05, 4.69) is 91.4 Å². The first-order valence-electron chi connectivity index (χ1n) is 10.6. The highest BCUT2D eigenvalue weighted by Gasteiger charge is 2.18. The van der Waals surface area contributed by atoms with Gasteiger partial charge in [-0.2, -0.15) is 0 Å². The minimum absolute atomic E-state index is 0.0194. The Bertz CT molecular complexity index is 1600. The molecule has 0 spiro atoms. The molecule has 0 aliphatic carbocycles. The van der Waals surface area contributed by atoms with E-state index >= 15 is 0 Å². The van der Waals surface area contributed by atoms with Gasteiger partial charge in [-0.15, -0.1) is 0 Å². The molecule has 2 aromatic heterocycles. The summed E-state index contributed by atoms with van der Waals surface area (Å²) in [6.45, 7) is 6.50. The lowest BCUT2D eigenvalue weighted by atomic mass is 9.89. The van der Waals surface area contributed by atoms with Gasteiger partial charge in [0.2, 0.25) is 0 Å². The summed E-state index contributed by atoms with van der Waals surface area (Å²) in [5.74, 6) is 0.687. The van der Waals surface area contributed by atoms with Crippen molar-refractivity contribution in [2.24, 2.45) is 0 Å². The van der Waals surface area contributed by atoms with Gasteiger partial charge >= 0.3 is 0 Å². The molecule has 0 aliphatic heterocycles. The second kappa shape index (κ2) is 6.39. The molecular formula is C28H22N2O. The van der Waals surface area contributed by atoms with Crippen LogP contribution >= 0.6 is 0 Å². The number of benzene rings is 4. The summed E-state index contributed by atoms with van der Waals surface area (Å²) < 4.78 is 6.52.